The molecule has 0 aromatic heterocycles. The van der Waals surface area contributed by atoms with Crippen LogP contribution in [0.25, 0.3) is 33.2 Å². The monoisotopic (exact) mass is 566 g/mol. The average Bonchev–Trinajstić information content (AvgIpc) is 3.45. The second-order valence-corrected chi connectivity index (χ2v) is 11.3. The van der Waals surface area contributed by atoms with Gasteiger partial charge in [0.05, 0.1) is 18.6 Å². The van der Waals surface area contributed by atoms with E-state index in [1.54, 1.807) is 0 Å². The van der Waals surface area contributed by atoms with Crippen molar-refractivity contribution in [3.63, 3.8) is 0 Å². The molecule has 2 aliphatic carbocycles. The fourth-order valence-electron chi connectivity index (χ4n) is 6.96. The van der Waals surface area contributed by atoms with E-state index in [1.165, 1.54) is 37.6 Å². The minimum atomic E-state index is -0.801. The first-order valence-corrected chi connectivity index (χ1v) is 14.8. The van der Waals surface area contributed by atoms with E-state index in [1.807, 2.05) is 12.1 Å². The quantitative estimate of drug-likeness (QED) is 0.234. The van der Waals surface area contributed by atoms with Gasteiger partial charge in [-0.15, -0.1) is 0 Å². The summed E-state index contributed by atoms with van der Waals surface area (Å²) in [5.74, 6) is 1.43. The highest BCUT2D eigenvalue weighted by Crippen LogP contribution is 2.53. The predicted molar refractivity (Wildman–Crippen MR) is 174 cm³/mol. The van der Waals surface area contributed by atoms with E-state index in [0.717, 1.165) is 27.8 Å². The highest BCUT2D eigenvalue weighted by molar-refractivity contribution is 6.12. The van der Waals surface area contributed by atoms with E-state index in [4.69, 9.17) is 9.47 Å². The lowest BCUT2D eigenvalue weighted by atomic mass is 9.64. The second-order valence-electron chi connectivity index (χ2n) is 11.3. The van der Waals surface area contributed by atoms with Gasteiger partial charge < -0.3 is 19.7 Å². The van der Waals surface area contributed by atoms with E-state index in [-0.39, 0.29) is 26.4 Å². The van der Waals surface area contributed by atoms with Crippen LogP contribution in [0.4, 0.5) is 0 Å². The Labute approximate surface area is 251 Å². The second kappa shape index (κ2) is 10.9. The van der Waals surface area contributed by atoms with Crippen LogP contribution in [0.5, 0.6) is 11.5 Å². The van der Waals surface area contributed by atoms with Gasteiger partial charge >= 0.3 is 0 Å². The van der Waals surface area contributed by atoms with Crippen molar-refractivity contribution in [3.8, 4) is 11.5 Å². The Kier molecular flexibility index (Phi) is 6.89. The van der Waals surface area contributed by atoms with Crippen LogP contribution in [0.2, 0.25) is 0 Å². The molecule has 4 heteroatoms. The summed E-state index contributed by atoms with van der Waals surface area (Å²) in [6.45, 7) is 4.40. The topological polar surface area (TPSA) is 58.9 Å². The molecule has 0 heterocycles. The number of aliphatic hydroxyl groups is 2. The lowest BCUT2D eigenvalue weighted by Crippen LogP contribution is -2.37. The van der Waals surface area contributed by atoms with Crippen molar-refractivity contribution in [2.45, 2.75) is 19.3 Å². The van der Waals surface area contributed by atoms with Crippen molar-refractivity contribution in [1.29, 1.82) is 0 Å². The maximum Gasteiger partial charge on any atom is 0.124 e. The molecule has 2 N–H and O–H groups in total. The van der Waals surface area contributed by atoms with E-state index in [2.05, 4.69) is 111 Å². The summed E-state index contributed by atoms with van der Waals surface area (Å²) in [6.07, 6.45) is 8.93. The zero-order valence-electron chi connectivity index (χ0n) is 24.4. The number of rotatable bonds is 8. The lowest BCUT2D eigenvalue weighted by molar-refractivity contribution is 0.198. The molecule has 0 spiro atoms. The maximum absolute atomic E-state index is 9.74. The standard InChI is InChI=1S/C39H34O4/c1-25-13-15-35(42-20-18-40)33(22-25)39(34-23-26(2)14-16-36(34)43-21-19-41)17-7-8-27-24-32-30-11-4-3-9-28(30)29-10-5-6-12-31(29)37(32)38(27)39/h3-17,22-24,40-41H,18-21H2,1-2H3. The molecule has 0 atom stereocenters. The molecule has 0 saturated carbocycles. The minimum Gasteiger partial charge on any atom is -0.491 e. The van der Waals surface area contributed by atoms with Crippen LogP contribution < -0.4 is 19.9 Å². The molecule has 2 aliphatic rings. The Morgan fingerprint density at radius 3 is 1.77 bits per heavy atom. The highest BCUT2D eigenvalue weighted by Gasteiger charge is 2.44. The summed E-state index contributed by atoms with van der Waals surface area (Å²) in [5, 5.41) is 26.7. The Morgan fingerprint density at radius 2 is 1.19 bits per heavy atom. The molecular weight excluding hydrogens is 532 g/mol. The van der Waals surface area contributed by atoms with Gasteiger partial charge in [0.15, 0.2) is 0 Å². The molecule has 0 bridgehead atoms. The number of ether oxygens (including phenoxy) is 2. The third kappa shape index (κ3) is 4.29. The van der Waals surface area contributed by atoms with Gasteiger partial charge in [-0.3, -0.25) is 0 Å². The minimum absolute atomic E-state index is 0.0829. The molecule has 0 saturated heterocycles. The Balaban J connectivity index is 1.72. The van der Waals surface area contributed by atoms with Crippen LogP contribution in [0.3, 0.4) is 0 Å². The first kappa shape index (κ1) is 27.2. The predicted octanol–water partition coefficient (Wildman–Crippen LogP) is 5.78. The SMILES string of the molecule is Cc1ccc(OCCO)c(C2(c3cc(C)ccc3OCCO)C=CC=C3C=c4c(c5ccccc5c5ccccc45)=C32)c1. The summed E-state index contributed by atoms with van der Waals surface area (Å²) in [7, 11) is 0. The maximum atomic E-state index is 9.74. The average molecular weight is 567 g/mol. The largest absolute Gasteiger partial charge is 0.491 e. The number of hydrogen-bond donors (Lipinski definition) is 2. The number of aryl methyl sites for hydroxylation is 2. The first-order chi connectivity index (χ1) is 21.1. The summed E-state index contributed by atoms with van der Waals surface area (Å²) in [6, 6.07) is 29.8. The van der Waals surface area contributed by atoms with Gasteiger partial charge in [0.2, 0.25) is 0 Å². The first-order valence-electron chi connectivity index (χ1n) is 14.8. The number of hydrogen-bond acceptors (Lipinski definition) is 4. The summed E-state index contributed by atoms with van der Waals surface area (Å²) >= 11 is 0. The van der Waals surface area contributed by atoms with Crippen LogP contribution in [0, 0.1) is 13.8 Å². The molecule has 43 heavy (non-hydrogen) atoms. The zero-order valence-corrected chi connectivity index (χ0v) is 24.4. The molecule has 4 nitrogen and oxygen atoms in total. The fraction of sp³-hybridized carbons (Fsp3) is 0.179. The number of benzene rings is 5. The van der Waals surface area contributed by atoms with E-state index in [9.17, 15) is 10.2 Å². The Hall–Kier alpha value is -4.64. The van der Waals surface area contributed by atoms with Crippen molar-refractivity contribution >= 4 is 33.2 Å². The summed E-state index contributed by atoms with van der Waals surface area (Å²) < 4.78 is 12.6. The van der Waals surface area contributed by atoms with Crippen LogP contribution in [-0.4, -0.2) is 36.6 Å². The number of fused-ring (bicyclic) bond motifs is 7. The normalized spacial score (nSPS) is 14.8. The van der Waals surface area contributed by atoms with Crippen molar-refractivity contribution in [3.05, 3.63) is 141 Å². The number of allylic oxidation sites excluding steroid dienone is 4. The lowest BCUT2D eigenvalue weighted by Gasteiger charge is -2.39. The molecule has 0 unspecified atom stereocenters. The van der Waals surface area contributed by atoms with Crippen LogP contribution in [0.1, 0.15) is 22.3 Å². The molecular formula is C39H34O4. The molecule has 214 valence electrons. The molecule has 0 amide bonds. The smallest absolute Gasteiger partial charge is 0.124 e. The molecule has 5 aromatic rings. The Morgan fingerprint density at radius 1 is 0.651 bits per heavy atom. The molecule has 5 aromatic carbocycles. The molecule has 0 aliphatic heterocycles. The van der Waals surface area contributed by atoms with E-state index >= 15 is 0 Å². The van der Waals surface area contributed by atoms with Crippen molar-refractivity contribution < 1.29 is 19.7 Å². The van der Waals surface area contributed by atoms with Gasteiger partial charge in [-0.25, -0.2) is 0 Å². The third-order valence-electron chi connectivity index (χ3n) is 8.65. The van der Waals surface area contributed by atoms with E-state index in [0.29, 0.717) is 11.5 Å². The highest BCUT2D eigenvalue weighted by atomic mass is 16.5. The Bertz CT molecular complexity index is 2030. The van der Waals surface area contributed by atoms with E-state index < -0.39 is 5.41 Å². The van der Waals surface area contributed by atoms with Gasteiger partial charge in [-0.2, -0.15) is 0 Å². The van der Waals surface area contributed by atoms with Gasteiger partial charge in [0.25, 0.3) is 0 Å². The zero-order chi connectivity index (χ0) is 29.6. The van der Waals surface area contributed by atoms with Crippen LogP contribution in [-0.2, 0) is 5.41 Å². The molecule has 7 rings (SSSR count). The number of aliphatic hydroxyl groups excluding tert-OH is 2. The van der Waals surface area contributed by atoms with Gasteiger partial charge in [-0.05, 0) is 75.2 Å². The van der Waals surface area contributed by atoms with Crippen molar-refractivity contribution in [1.82, 2.24) is 0 Å². The summed E-state index contributed by atoms with van der Waals surface area (Å²) in [4.78, 5) is 0. The van der Waals surface area contributed by atoms with Crippen LogP contribution >= 0.6 is 0 Å². The third-order valence-corrected chi connectivity index (χ3v) is 8.65. The fourth-order valence-corrected chi connectivity index (χ4v) is 6.96. The van der Waals surface area contributed by atoms with Crippen molar-refractivity contribution in [2.75, 3.05) is 26.4 Å². The van der Waals surface area contributed by atoms with Crippen LogP contribution in [0.15, 0.2) is 109 Å². The summed E-state index contributed by atoms with van der Waals surface area (Å²) in [5.41, 5.74) is 5.68. The van der Waals surface area contributed by atoms with Gasteiger partial charge in [0, 0.05) is 11.1 Å². The van der Waals surface area contributed by atoms with Crippen molar-refractivity contribution in [2.24, 2.45) is 0 Å². The van der Waals surface area contributed by atoms with Gasteiger partial charge in [-0.1, -0.05) is 102 Å². The van der Waals surface area contributed by atoms with Gasteiger partial charge in [0.1, 0.15) is 24.7 Å². The molecule has 0 fully saturated rings. The molecule has 0 radical (unpaired) electrons.